The van der Waals surface area contributed by atoms with E-state index in [-0.39, 0.29) is 11.4 Å². The van der Waals surface area contributed by atoms with Crippen molar-refractivity contribution in [3.8, 4) is 0 Å². The Labute approximate surface area is 119 Å². The van der Waals surface area contributed by atoms with Gasteiger partial charge < -0.3 is 5.11 Å². The fourth-order valence-corrected chi connectivity index (χ4v) is 4.00. The number of piperidine rings is 1. The van der Waals surface area contributed by atoms with E-state index < -0.39 is 21.9 Å². The van der Waals surface area contributed by atoms with Crippen LogP contribution in [0.4, 0.5) is 0 Å². The molecule has 1 aliphatic rings. The molecule has 0 aliphatic carbocycles. The van der Waals surface area contributed by atoms with Crippen molar-refractivity contribution in [2.24, 2.45) is 5.92 Å². The third-order valence-electron chi connectivity index (χ3n) is 3.85. The molecule has 1 fully saturated rings. The van der Waals surface area contributed by atoms with E-state index in [9.17, 15) is 13.2 Å². The average Bonchev–Trinajstić information content (AvgIpc) is 2.42. The second kappa shape index (κ2) is 5.54. The average molecular weight is 297 g/mol. The molecule has 1 unspecified atom stereocenters. The topological polar surface area (TPSA) is 74.7 Å². The first-order chi connectivity index (χ1) is 9.32. The van der Waals surface area contributed by atoms with Gasteiger partial charge in [-0.05, 0) is 49.9 Å². The van der Waals surface area contributed by atoms with Crippen molar-refractivity contribution >= 4 is 16.0 Å². The molecule has 0 amide bonds. The van der Waals surface area contributed by atoms with E-state index >= 15 is 0 Å². The Kier molecular flexibility index (Phi) is 4.15. The lowest BCUT2D eigenvalue weighted by Gasteiger charge is -2.30. The van der Waals surface area contributed by atoms with Crippen molar-refractivity contribution in [1.82, 2.24) is 4.31 Å². The smallest absolute Gasteiger partial charge is 0.307 e. The van der Waals surface area contributed by atoms with E-state index in [1.807, 2.05) is 13.8 Å². The quantitative estimate of drug-likeness (QED) is 0.923. The number of benzene rings is 1. The summed E-state index contributed by atoms with van der Waals surface area (Å²) in [6.07, 6.45) is 1.12. The van der Waals surface area contributed by atoms with Gasteiger partial charge in [-0.2, -0.15) is 4.31 Å². The molecule has 20 heavy (non-hydrogen) atoms. The van der Waals surface area contributed by atoms with E-state index in [1.54, 1.807) is 18.2 Å². The first-order valence-electron chi connectivity index (χ1n) is 6.62. The summed E-state index contributed by atoms with van der Waals surface area (Å²) in [5.41, 5.74) is 1.95. The van der Waals surface area contributed by atoms with Gasteiger partial charge in [-0.15, -0.1) is 0 Å². The molecule has 0 radical (unpaired) electrons. The molecule has 1 heterocycles. The van der Waals surface area contributed by atoms with Gasteiger partial charge in [0.05, 0.1) is 10.8 Å². The Morgan fingerprint density at radius 1 is 1.30 bits per heavy atom. The van der Waals surface area contributed by atoms with Crippen molar-refractivity contribution in [3.63, 3.8) is 0 Å². The lowest BCUT2D eigenvalue weighted by Crippen LogP contribution is -2.42. The van der Waals surface area contributed by atoms with Gasteiger partial charge in [0.1, 0.15) is 0 Å². The fraction of sp³-hybridized carbons (Fsp3) is 0.500. The number of hydrogen-bond acceptors (Lipinski definition) is 3. The van der Waals surface area contributed by atoms with Crippen LogP contribution in [0.15, 0.2) is 23.1 Å². The zero-order valence-electron chi connectivity index (χ0n) is 11.7. The maximum absolute atomic E-state index is 12.6. The molecular formula is C14H19NO4S. The van der Waals surface area contributed by atoms with Crippen molar-refractivity contribution in [2.45, 2.75) is 31.6 Å². The monoisotopic (exact) mass is 297 g/mol. The van der Waals surface area contributed by atoms with Crippen LogP contribution in [0.1, 0.15) is 24.0 Å². The third kappa shape index (κ3) is 2.86. The molecule has 1 saturated heterocycles. The summed E-state index contributed by atoms with van der Waals surface area (Å²) in [6, 6.07) is 5.01. The van der Waals surface area contributed by atoms with Crippen LogP contribution in [0.3, 0.4) is 0 Å². The second-order valence-corrected chi connectivity index (χ2v) is 7.22. The number of aliphatic carboxylic acids is 1. The number of carboxylic acids is 1. The summed E-state index contributed by atoms with van der Waals surface area (Å²) < 4.78 is 26.4. The van der Waals surface area contributed by atoms with Crippen LogP contribution in [0.25, 0.3) is 0 Å². The molecule has 0 spiro atoms. The molecule has 2 rings (SSSR count). The van der Waals surface area contributed by atoms with Gasteiger partial charge in [0.15, 0.2) is 0 Å². The minimum absolute atomic E-state index is 0.0601. The summed E-state index contributed by atoms with van der Waals surface area (Å²) in [5.74, 6) is -1.53. The lowest BCUT2D eigenvalue weighted by atomic mass is 10.0. The summed E-state index contributed by atoms with van der Waals surface area (Å²) in [5, 5.41) is 9.05. The standard InChI is InChI=1S/C14H19NO4S/c1-10-5-6-13(8-11(10)2)20(18,19)15-7-3-4-12(9-15)14(16)17/h5-6,8,12H,3-4,7,9H2,1-2H3,(H,16,17). The molecule has 6 heteroatoms. The van der Waals surface area contributed by atoms with E-state index in [4.69, 9.17) is 5.11 Å². The maximum Gasteiger partial charge on any atom is 0.307 e. The van der Waals surface area contributed by atoms with Gasteiger partial charge in [0, 0.05) is 13.1 Å². The fourth-order valence-electron chi connectivity index (χ4n) is 2.39. The van der Waals surface area contributed by atoms with Crippen LogP contribution < -0.4 is 0 Å². The van der Waals surface area contributed by atoms with Crippen LogP contribution in [-0.4, -0.2) is 36.9 Å². The van der Waals surface area contributed by atoms with Gasteiger partial charge in [0.2, 0.25) is 10.0 Å². The predicted octanol–water partition coefficient (Wildman–Crippen LogP) is 1.79. The highest BCUT2D eigenvalue weighted by molar-refractivity contribution is 7.89. The van der Waals surface area contributed by atoms with E-state index in [1.165, 1.54) is 4.31 Å². The largest absolute Gasteiger partial charge is 0.481 e. The zero-order valence-corrected chi connectivity index (χ0v) is 12.5. The molecule has 1 N–H and O–H groups in total. The van der Waals surface area contributed by atoms with Gasteiger partial charge in [-0.1, -0.05) is 6.07 Å². The van der Waals surface area contributed by atoms with E-state index in [2.05, 4.69) is 0 Å². The van der Waals surface area contributed by atoms with E-state index in [0.29, 0.717) is 19.4 Å². The molecule has 1 aromatic rings. The Morgan fingerprint density at radius 2 is 2.00 bits per heavy atom. The first-order valence-corrected chi connectivity index (χ1v) is 8.06. The molecule has 1 aliphatic heterocycles. The number of nitrogens with zero attached hydrogens (tertiary/aromatic N) is 1. The number of sulfonamides is 1. The lowest BCUT2D eigenvalue weighted by molar-refractivity contribution is -0.142. The number of carbonyl (C=O) groups is 1. The Morgan fingerprint density at radius 3 is 2.60 bits per heavy atom. The second-order valence-electron chi connectivity index (χ2n) is 5.29. The first kappa shape index (κ1) is 15.0. The molecule has 5 nitrogen and oxygen atoms in total. The van der Waals surface area contributed by atoms with Crippen molar-refractivity contribution in [3.05, 3.63) is 29.3 Å². The van der Waals surface area contributed by atoms with Gasteiger partial charge in [-0.25, -0.2) is 8.42 Å². The molecule has 0 saturated carbocycles. The van der Waals surface area contributed by atoms with Crippen LogP contribution in [0, 0.1) is 19.8 Å². The van der Waals surface area contributed by atoms with Crippen LogP contribution in [0.2, 0.25) is 0 Å². The molecular weight excluding hydrogens is 278 g/mol. The number of rotatable bonds is 3. The zero-order chi connectivity index (χ0) is 14.9. The summed E-state index contributed by atoms with van der Waals surface area (Å²) in [6.45, 7) is 4.24. The summed E-state index contributed by atoms with van der Waals surface area (Å²) in [4.78, 5) is 11.3. The third-order valence-corrected chi connectivity index (χ3v) is 5.71. The molecule has 0 aromatic heterocycles. The summed E-state index contributed by atoms with van der Waals surface area (Å²) in [7, 11) is -3.60. The van der Waals surface area contributed by atoms with Crippen molar-refractivity contribution < 1.29 is 18.3 Å². The van der Waals surface area contributed by atoms with Crippen LogP contribution >= 0.6 is 0 Å². The SMILES string of the molecule is Cc1ccc(S(=O)(=O)N2CCCC(C(=O)O)C2)cc1C. The normalized spacial score (nSPS) is 20.8. The molecule has 0 bridgehead atoms. The van der Waals surface area contributed by atoms with Crippen LogP contribution in [0.5, 0.6) is 0 Å². The van der Waals surface area contributed by atoms with E-state index in [0.717, 1.165) is 11.1 Å². The molecule has 110 valence electrons. The Hall–Kier alpha value is -1.40. The number of aryl methyl sites for hydroxylation is 2. The van der Waals surface area contributed by atoms with Gasteiger partial charge in [-0.3, -0.25) is 4.79 Å². The highest BCUT2D eigenvalue weighted by atomic mass is 32.2. The Bertz CT molecular complexity index is 624. The highest BCUT2D eigenvalue weighted by Gasteiger charge is 2.33. The number of carboxylic acid groups (broad SMARTS) is 1. The van der Waals surface area contributed by atoms with Gasteiger partial charge in [0.25, 0.3) is 0 Å². The summed E-state index contributed by atoms with van der Waals surface area (Å²) >= 11 is 0. The number of hydrogen-bond donors (Lipinski definition) is 1. The minimum Gasteiger partial charge on any atom is -0.481 e. The minimum atomic E-state index is -3.60. The van der Waals surface area contributed by atoms with Crippen molar-refractivity contribution in [1.29, 1.82) is 0 Å². The predicted molar refractivity (Wildman–Crippen MR) is 75.0 cm³/mol. The maximum atomic E-state index is 12.6. The van der Waals surface area contributed by atoms with Crippen molar-refractivity contribution in [2.75, 3.05) is 13.1 Å². The van der Waals surface area contributed by atoms with Gasteiger partial charge >= 0.3 is 5.97 Å². The highest BCUT2D eigenvalue weighted by Crippen LogP contribution is 2.25. The Balaban J connectivity index is 2.29. The van der Waals surface area contributed by atoms with Crippen LogP contribution in [-0.2, 0) is 14.8 Å². The molecule has 1 aromatic carbocycles. The molecule has 1 atom stereocenters.